The molecule has 1 amide bonds. The Kier molecular flexibility index (Phi) is 8.09. The summed E-state index contributed by atoms with van der Waals surface area (Å²) >= 11 is 0. The van der Waals surface area contributed by atoms with Gasteiger partial charge in [-0.1, -0.05) is 6.07 Å². The minimum absolute atomic E-state index is 0.0160. The number of furan rings is 2. The summed E-state index contributed by atoms with van der Waals surface area (Å²) in [4.78, 5) is 16.6. The van der Waals surface area contributed by atoms with Crippen LogP contribution in [0.15, 0.2) is 74.8 Å². The minimum Gasteiger partial charge on any atom is -0.468 e. The van der Waals surface area contributed by atoms with Gasteiger partial charge in [0.25, 0.3) is 5.91 Å². The van der Waals surface area contributed by atoms with Gasteiger partial charge in [-0.25, -0.2) is 13.1 Å². The normalized spacial score (nSPS) is 13.9. The van der Waals surface area contributed by atoms with Crippen molar-refractivity contribution in [3.63, 3.8) is 0 Å². The third-order valence-corrected chi connectivity index (χ3v) is 6.74. The lowest BCUT2D eigenvalue weighted by atomic mass is 10.2. The van der Waals surface area contributed by atoms with Crippen molar-refractivity contribution in [2.75, 3.05) is 41.3 Å². The van der Waals surface area contributed by atoms with Crippen molar-refractivity contribution < 1.29 is 22.0 Å². The highest BCUT2D eigenvalue weighted by atomic mass is 32.2. The zero-order valence-electron chi connectivity index (χ0n) is 19.2. The first kappa shape index (κ1) is 24.7. The summed E-state index contributed by atoms with van der Waals surface area (Å²) in [5.74, 6) is 1.02. The quantitative estimate of drug-likeness (QED) is 0.440. The molecule has 178 valence electrons. The predicted octanol–water partition coefficient (Wildman–Crippen LogP) is 2.49. The Bertz CT molecular complexity index is 1130. The van der Waals surface area contributed by atoms with Crippen molar-refractivity contribution in [1.29, 1.82) is 0 Å². The van der Waals surface area contributed by atoms with E-state index in [2.05, 4.69) is 10.0 Å². The van der Waals surface area contributed by atoms with Gasteiger partial charge in [-0.15, -0.1) is 0 Å². The molecule has 33 heavy (non-hydrogen) atoms. The largest absolute Gasteiger partial charge is 0.468 e. The van der Waals surface area contributed by atoms with Crippen molar-refractivity contribution >= 4 is 15.9 Å². The van der Waals surface area contributed by atoms with Gasteiger partial charge in [0, 0.05) is 18.7 Å². The molecule has 2 atom stereocenters. The molecule has 2 unspecified atom stereocenters. The van der Waals surface area contributed by atoms with Crippen molar-refractivity contribution in [2.24, 2.45) is 0 Å². The third-order valence-electron chi connectivity index (χ3n) is 5.32. The highest BCUT2D eigenvalue weighted by Crippen LogP contribution is 2.20. The van der Waals surface area contributed by atoms with Gasteiger partial charge in [-0.3, -0.25) is 14.6 Å². The molecule has 0 aliphatic carbocycles. The number of sulfonamides is 1. The summed E-state index contributed by atoms with van der Waals surface area (Å²) in [6.07, 6.45) is 3.14. The van der Waals surface area contributed by atoms with Crippen molar-refractivity contribution in [3.05, 3.63) is 78.1 Å². The Morgan fingerprint density at radius 3 is 1.97 bits per heavy atom. The van der Waals surface area contributed by atoms with Crippen LogP contribution in [0, 0.1) is 0 Å². The standard InChI is InChI=1S/C23H30N4O5S/c1-26(2)19(21-10-6-12-31-21)15-24-23(28)17-8-5-9-18(14-17)33(29,30)25-16-20(27(3)4)22-11-7-13-32-22/h5-14,19-20,25H,15-16H2,1-4H3,(H,24,28). The van der Waals surface area contributed by atoms with E-state index in [1.807, 2.05) is 44.1 Å². The summed E-state index contributed by atoms with van der Waals surface area (Å²) < 4.78 is 39.3. The lowest BCUT2D eigenvalue weighted by molar-refractivity contribution is 0.0939. The van der Waals surface area contributed by atoms with Gasteiger partial charge in [-0.05, 0) is 70.7 Å². The average molecular weight is 475 g/mol. The number of nitrogens with zero attached hydrogens (tertiary/aromatic N) is 2. The SMILES string of the molecule is CN(C)C(CNC(=O)c1cccc(S(=O)(=O)NCC(c2ccco2)N(C)C)c1)c1ccco1. The zero-order chi connectivity index (χ0) is 24.0. The Morgan fingerprint density at radius 1 is 0.879 bits per heavy atom. The molecule has 10 heteroatoms. The minimum atomic E-state index is -3.84. The smallest absolute Gasteiger partial charge is 0.251 e. The summed E-state index contributed by atoms with van der Waals surface area (Å²) in [5.41, 5.74) is 0.255. The van der Waals surface area contributed by atoms with Crippen LogP contribution < -0.4 is 10.0 Å². The molecule has 0 saturated heterocycles. The van der Waals surface area contributed by atoms with E-state index < -0.39 is 10.0 Å². The maximum Gasteiger partial charge on any atom is 0.251 e. The van der Waals surface area contributed by atoms with E-state index in [0.717, 1.165) is 5.76 Å². The number of likely N-dealkylation sites (N-methyl/N-ethyl adjacent to an activating group) is 2. The Hall–Kier alpha value is -2.92. The molecular formula is C23H30N4O5S. The number of hydrogen-bond acceptors (Lipinski definition) is 7. The van der Waals surface area contributed by atoms with E-state index in [0.29, 0.717) is 12.3 Å². The van der Waals surface area contributed by atoms with Crippen LogP contribution in [0.5, 0.6) is 0 Å². The van der Waals surface area contributed by atoms with Crippen LogP contribution in [0.4, 0.5) is 0 Å². The average Bonchev–Trinajstić information content (AvgIpc) is 3.48. The molecule has 2 aromatic heterocycles. The van der Waals surface area contributed by atoms with Crippen molar-refractivity contribution in [1.82, 2.24) is 19.8 Å². The first-order valence-electron chi connectivity index (χ1n) is 10.5. The van der Waals surface area contributed by atoms with Crippen LogP contribution in [0.2, 0.25) is 0 Å². The number of amides is 1. The number of carbonyl (C=O) groups excluding carboxylic acids is 1. The Labute approximate surface area is 194 Å². The van der Waals surface area contributed by atoms with Crippen LogP contribution >= 0.6 is 0 Å². The van der Waals surface area contributed by atoms with Gasteiger partial charge in [0.1, 0.15) is 11.5 Å². The van der Waals surface area contributed by atoms with Gasteiger partial charge < -0.3 is 14.2 Å². The van der Waals surface area contributed by atoms with Gasteiger partial charge in [-0.2, -0.15) is 0 Å². The number of nitrogens with one attached hydrogen (secondary N) is 2. The van der Waals surface area contributed by atoms with E-state index in [9.17, 15) is 13.2 Å². The van der Waals surface area contributed by atoms with E-state index >= 15 is 0 Å². The number of hydrogen-bond donors (Lipinski definition) is 2. The molecule has 0 radical (unpaired) electrons. The van der Waals surface area contributed by atoms with E-state index in [1.54, 1.807) is 42.9 Å². The summed E-state index contributed by atoms with van der Waals surface area (Å²) in [5, 5.41) is 2.86. The maximum absolute atomic E-state index is 12.9. The lowest BCUT2D eigenvalue weighted by Gasteiger charge is -2.23. The lowest BCUT2D eigenvalue weighted by Crippen LogP contribution is -2.35. The molecule has 0 aliphatic rings. The molecule has 3 aromatic rings. The maximum atomic E-state index is 12.9. The number of carbonyl (C=O) groups is 1. The summed E-state index contributed by atoms with van der Waals surface area (Å²) in [6, 6.07) is 12.7. The highest BCUT2D eigenvalue weighted by Gasteiger charge is 2.23. The van der Waals surface area contributed by atoms with E-state index in [1.165, 1.54) is 12.1 Å². The summed E-state index contributed by atoms with van der Waals surface area (Å²) in [6.45, 7) is 0.426. The molecule has 2 N–H and O–H groups in total. The number of rotatable bonds is 11. The van der Waals surface area contributed by atoms with Crippen LogP contribution in [-0.4, -0.2) is 65.4 Å². The summed E-state index contributed by atoms with van der Waals surface area (Å²) in [7, 11) is 3.63. The van der Waals surface area contributed by atoms with Crippen LogP contribution in [0.1, 0.15) is 34.0 Å². The molecular weight excluding hydrogens is 444 g/mol. The molecule has 9 nitrogen and oxygen atoms in total. The molecule has 3 rings (SSSR count). The first-order chi connectivity index (χ1) is 15.7. The Morgan fingerprint density at radius 2 is 1.45 bits per heavy atom. The second-order valence-corrected chi connectivity index (χ2v) is 9.85. The Balaban J connectivity index is 1.68. The van der Waals surface area contributed by atoms with Crippen LogP contribution in [-0.2, 0) is 10.0 Å². The van der Waals surface area contributed by atoms with Crippen LogP contribution in [0.25, 0.3) is 0 Å². The molecule has 1 aromatic carbocycles. The van der Waals surface area contributed by atoms with Crippen molar-refractivity contribution in [2.45, 2.75) is 17.0 Å². The molecule has 0 bridgehead atoms. The fraction of sp³-hybridized carbons (Fsp3) is 0.348. The van der Waals surface area contributed by atoms with E-state index in [4.69, 9.17) is 8.83 Å². The van der Waals surface area contributed by atoms with Gasteiger partial charge >= 0.3 is 0 Å². The highest BCUT2D eigenvalue weighted by molar-refractivity contribution is 7.89. The van der Waals surface area contributed by atoms with E-state index in [-0.39, 0.29) is 35.0 Å². The van der Waals surface area contributed by atoms with Crippen LogP contribution in [0.3, 0.4) is 0 Å². The number of benzene rings is 1. The fourth-order valence-electron chi connectivity index (χ4n) is 3.40. The second-order valence-electron chi connectivity index (χ2n) is 8.08. The molecule has 0 fully saturated rings. The fourth-order valence-corrected chi connectivity index (χ4v) is 4.49. The predicted molar refractivity (Wildman–Crippen MR) is 124 cm³/mol. The van der Waals surface area contributed by atoms with Gasteiger partial charge in [0.15, 0.2) is 0 Å². The third kappa shape index (κ3) is 6.32. The molecule has 0 aliphatic heterocycles. The monoisotopic (exact) mass is 474 g/mol. The van der Waals surface area contributed by atoms with Crippen molar-refractivity contribution in [3.8, 4) is 0 Å². The molecule has 0 saturated carbocycles. The van der Waals surface area contributed by atoms with Gasteiger partial charge in [0.2, 0.25) is 10.0 Å². The first-order valence-corrected chi connectivity index (χ1v) is 11.9. The second kappa shape index (κ2) is 10.8. The van der Waals surface area contributed by atoms with Gasteiger partial charge in [0.05, 0.1) is 29.5 Å². The topological polar surface area (TPSA) is 108 Å². The molecule has 0 spiro atoms. The zero-order valence-corrected chi connectivity index (χ0v) is 20.0. The molecule has 2 heterocycles.